The second kappa shape index (κ2) is 11.0. The van der Waals surface area contributed by atoms with Crippen LogP contribution in [0.5, 0.6) is 5.75 Å². The van der Waals surface area contributed by atoms with E-state index in [9.17, 15) is 9.59 Å². The van der Waals surface area contributed by atoms with Crippen LogP contribution in [-0.4, -0.2) is 18.5 Å². The minimum atomic E-state index is -0.549. The summed E-state index contributed by atoms with van der Waals surface area (Å²) >= 11 is 0. The lowest BCUT2D eigenvalue weighted by Crippen LogP contribution is -2.16. The topological polar surface area (TPSA) is 140 Å². The van der Waals surface area contributed by atoms with E-state index in [1.165, 1.54) is 6.08 Å². The summed E-state index contributed by atoms with van der Waals surface area (Å²) in [5, 5.41) is 11.2. The van der Waals surface area contributed by atoms with E-state index in [0.717, 1.165) is 16.7 Å². The van der Waals surface area contributed by atoms with Crippen LogP contribution in [-0.2, 0) is 14.3 Å². The number of hydrogen-bond donors (Lipinski definition) is 3. The Balaban J connectivity index is 1.45. The Morgan fingerprint density at radius 1 is 0.970 bits per heavy atom. The normalized spacial score (nSPS) is 10.4. The van der Waals surface area contributed by atoms with Gasteiger partial charge in [-0.1, -0.05) is 36.4 Å². The van der Waals surface area contributed by atoms with Crippen molar-refractivity contribution < 1.29 is 19.1 Å². The largest absolute Gasteiger partial charge is 0.462 e. The van der Waals surface area contributed by atoms with Gasteiger partial charge in [0.25, 0.3) is 6.26 Å². The van der Waals surface area contributed by atoms with Crippen LogP contribution >= 0.6 is 0 Å². The predicted octanol–water partition coefficient (Wildman–Crippen LogP) is 3.96. The molecule has 0 bridgehead atoms. The van der Waals surface area contributed by atoms with Crippen LogP contribution in [0.15, 0.2) is 72.8 Å². The maximum Gasteiger partial charge on any atom is 0.330 e. The molecule has 0 heterocycles. The van der Waals surface area contributed by atoms with Crippen molar-refractivity contribution >= 4 is 35.0 Å². The van der Waals surface area contributed by atoms with Crippen molar-refractivity contribution in [2.45, 2.75) is 6.42 Å². The summed E-state index contributed by atoms with van der Waals surface area (Å²) in [4.78, 5) is 23.9. The molecule has 0 aliphatic rings. The predicted molar refractivity (Wildman–Crippen MR) is 127 cm³/mol. The third kappa shape index (κ3) is 6.87. The number of nitriles is 1. The molecule has 0 saturated heterocycles. The van der Waals surface area contributed by atoms with Crippen molar-refractivity contribution in [1.29, 1.82) is 5.26 Å². The van der Waals surface area contributed by atoms with E-state index in [0.29, 0.717) is 22.8 Å². The minimum Gasteiger partial charge on any atom is -0.462 e. The number of ether oxygens (including phenoxy) is 2. The Bertz CT molecular complexity index is 1200. The molecule has 0 aromatic heterocycles. The molecule has 0 spiro atoms. The van der Waals surface area contributed by atoms with E-state index in [1.807, 2.05) is 36.4 Å². The molecule has 33 heavy (non-hydrogen) atoms. The smallest absolute Gasteiger partial charge is 0.330 e. The number of nitrogens with zero attached hydrogens (tertiary/aromatic N) is 1. The minimum absolute atomic E-state index is 0.00368. The SMILES string of the molecule is N#COc1ccc(-c2ccc(/C=C/C(=O)OCCC(=O)Nc3ccc(N)cc3N)cc2)cc1. The van der Waals surface area contributed by atoms with Crippen molar-refractivity contribution in [1.82, 2.24) is 0 Å². The second-order valence-corrected chi connectivity index (χ2v) is 6.99. The van der Waals surface area contributed by atoms with Crippen molar-refractivity contribution in [3.8, 4) is 23.1 Å². The zero-order valence-corrected chi connectivity index (χ0v) is 17.7. The summed E-state index contributed by atoms with van der Waals surface area (Å²) in [6, 6.07) is 19.5. The molecule has 0 unspecified atom stereocenters. The van der Waals surface area contributed by atoms with Gasteiger partial charge >= 0.3 is 5.97 Å². The number of nitrogen functional groups attached to an aromatic ring is 2. The van der Waals surface area contributed by atoms with Crippen LogP contribution in [0.4, 0.5) is 17.1 Å². The van der Waals surface area contributed by atoms with Gasteiger partial charge in [0.2, 0.25) is 5.91 Å². The molecule has 1 amide bonds. The maximum atomic E-state index is 12.0. The van der Waals surface area contributed by atoms with Gasteiger partial charge < -0.3 is 26.3 Å². The average molecular weight is 442 g/mol. The summed E-state index contributed by atoms with van der Waals surface area (Å²) in [6.45, 7) is -0.0612. The van der Waals surface area contributed by atoms with Gasteiger partial charge in [-0.2, -0.15) is 0 Å². The number of nitrogens with two attached hydrogens (primary N) is 2. The van der Waals surface area contributed by atoms with E-state index >= 15 is 0 Å². The number of nitrogens with one attached hydrogen (secondary N) is 1. The molecule has 3 aromatic carbocycles. The lowest BCUT2D eigenvalue weighted by atomic mass is 10.0. The molecule has 8 nitrogen and oxygen atoms in total. The molecular formula is C25H22N4O4. The summed E-state index contributed by atoms with van der Waals surface area (Å²) in [5.41, 5.74) is 15.5. The summed E-state index contributed by atoms with van der Waals surface area (Å²) < 4.78 is 9.84. The number of anilines is 3. The Labute approximate surface area is 191 Å². The summed E-state index contributed by atoms with van der Waals surface area (Å²) in [6.07, 6.45) is 4.56. The van der Waals surface area contributed by atoms with Gasteiger partial charge in [-0.25, -0.2) is 4.79 Å². The first-order chi connectivity index (χ1) is 15.9. The highest BCUT2D eigenvalue weighted by atomic mass is 16.5. The number of amides is 1. The van der Waals surface area contributed by atoms with Crippen molar-refractivity contribution in [3.63, 3.8) is 0 Å². The zero-order chi connectivity index (χ0) is 23.6. The first-order valence-electron chi connectivity index (χ1n) is 10.0. The van der Waals surface area contributed by atoms with E-state index in [4.69, 9.17) is 26.2 Å². The molecule has 3 rings (SSSR count). The molecule has 0 saturated carbocycles. The van der Waals surface area contributed by atoms with Crippen LogP contribution in [0.2, 0.25) is 0 Å². The quantitative estimate of drug-likeness (QED) is 0.207. The molecule has 8 heteroatoms. The zero-order valence-electron chi connectivity index (χ0n) is 17.7. The Morgan fingerprint density at radius 3 is 2.27 bits per heavy atom. The van der Waals surface area contributed by atoms with Gasteiger partial charge in [-0.3, -0.25) is 4.79 Å². The van der Waals surface area contributed by atoms with Crippen LogP contribution in [0.25, 0.3) is 17.2 Å². The number of hydrogen-bond acceptors (Lipinski definition) is 7. The Hall–Kier alpha value is -4.77. The van der Waals surface area contributed by atoms with E-state index < -0.39 is 5.97 Å². The highest BCUT2D eigenvalue weighted by Crippen LogP contribution is 2.23. The van der Waals surface area contributed by atoms with Crippen molar-refractivity contribution in [3.05, 3.63) is 78.4 Å². The molecule has 0 fully saturated rings. The fraction of sp³-hybridized carbons (Fsp3) is 0.0800. The number of carbonyl (C=O) groups excluding carboxylic acids is 2. The van der Waals surface area contributed by atoms with E-state index in [2.05, 4.69) is 5.32 Å². The molecule has 3 aromatic rings. The number of benzene rings is 3. The van der Waals surface area contributed by atoms with E-state index in [1.54, 1.807) is 42.7 Å². The lowest BCUT2D eigenvalue weighted by Gasteiger charge is -2.08. The van der Waals surface area contributed by atoms with Gasteiger partial charge in [0.05, 0.1) is 17.8 Å². The highest BCUT2D eigenvalue weighted by molar-refractivity contribution is 5.94. The summed E-state index contributed by atoms with van der Waals surface area (Å²) in [7, 11) is 0. The van der Waals surface area contributed by atoms with Gasteiger partial charge in [0, 0.05) is 11.8 Å². The van der Waals surface area contributed by atoms with Crippen LogP contribution in [0.1, 0.15) is 12.0 Å². The van der Waals surface area contributed by atoms with Crippen LogP contribution in [0, 0.1) is 11.5 Å². The summed E-state index contributed by atoms with van der Waals surface area (Å²) in [5.74, 6) is -0.399. The Morgan fingerprint density at radius 2 is 1.64 bits per heavy atom. The van der Waals surface area contributed by atoms with Gasteiger partial charge in [0.1, 0.15) is 12.4 Å². The monoisotopic (exact) mass is 442 g/mol. The fourth-order valence-corrected chi connectivity index (χ4v) is 2.92. The first-order valence-corrected chi connectivity index (χ1v) is 10.0. The molecule has 166 valence electrons. The second-order valence-electron chi connectivity index (χ2n) is 6.99. The van der Waals surface area contributed by atoms with Crippen LogP contribution < -0.4 is 21.5 Å². The van der Waals surface area contributed by atoms with E-state index in [-0.39, 0.29) is 18.9 Å². The maximum absolute atomic E-state index is 12.0. The molecule has 0 aliphatic heterocycles. The third-order valence-electron chi connectivity index (χ3n) is 4.60. The van der Waals surface area contributed by atoms with Crippen molar-refractivity contribution in [2.75, 3.05) is 23.4 Å². The van der Waals surface area contributed by atoms with Gasteiger partial charge in [-0.05, 0) is 53.1 Å². The molecular weight excluding hydrogens is 420 g/mol. The fourth-order valence-electron chi connectivity index (χ4n) is 2.92. The third-order valence-corrected chi connectivity index (χ3v) is 4.60. The lowest BCUT2D eigenvalue weighted by molar-refractivity contribution is -0.138. The molecule has 5 N–H and O–H groups in total. The number of esters is 1. The van der Waals surface area contributed by atoms with Crippen molar-refractivity contribution in [2.24, 2.45) is 0 Å². The highest BCUT2D eigenvalue weighted by Gasteiger charge is 2.07. The standard InChI is InChI=1S/C25H22N4O4/c26-16-33-21-9-6-19(7-10-21)18-4-1-17(2-5-18)3-12-25(31)32-14-13-24(30)29-23-11-8-20(27)15-22(23)28/h1-12,15H,13-14,27-28H2,(H,29,30)/b12-3+. The van der Waals surface area contributed by atoms with Gasteiger partial charge in [0.15, 0.2) is 0 Å². The molecule has 0 radical (unpaired) electrons. The number of rotatable bonds is 8. The Kier molecular flexibility index (Phi) is 7.65. The molecule has 0 atom stereocenters. The number of carbonyl (C=O) groups is 2. The van der Waals surface area contributed by atoms with Gasteiger partial charge in [-0.15, -0.1) is 5.26 Å². The first kappa shape index (κ1) is 22.9. The van der Waals surface area contributed by atoms with Crippen LogP contribution in [0.3, 0.4) is 0 Å². The molecule has 0 aliphatic carbocycles. The average Bonchev–Trinajstić information content (AvgIpc) is 2.81.